The molecule has 3 nitrogen and oxygen atoms in total. The van der Waals surface area contributed by atoms with Gasteiger partial charge in [0.05, 0.1) is 6.07 Å². The van der Waals surface area contributed by atoms with E-state index in [2.05, 4.69) is 0 Å². The Morgan fingerprint density at radius 2 is 2.36 bits per heavy atom. The summed E-state index contributed by atoms with van der Waals surface area (Å²) in [5, 5.41) is 8.59. The second-order valence-corrected chi connectivity index (χ2v) is 2.66. The monoisotopic (exact) mass is 156 g/mol. The summed E-state index contributed by atoms with van der Waals surface area (Å²) in [6.07, 6.45) is 1.68. The first-order valence-electron chi connectivity index (χ1n) is 3.80. The molecule has 0 atom stereocenters. The molecule has 0 aliphatic carbocycles. The summed E-state index contributed by atoms with van der Waals surface area (Å²) in [4.78, 5) is 0. The summed E-state index contributed by atoms with van der Waals surface area (Å²) in [7, 11) is 1.87. The third-order valence-electron chi connectivity index (χ3n) is 1.65. The van der Waals surface area contributed by atoms with E-state index in [1.165, 1.54) is 0 Å². The third-order valence-corrected chi connectivity index (χ3v) is 1.65. The van der Waals surface area contributed by atoms with Gasteiger partial charge < -0.3 is 5.11 Å². The first-order valence-corrected chi connectivity index (χ1v) is 3.80. The molecule has 1 rings (SSSR count). The van der Waals surface area contributed by atoms with Crippen LogP contribution in [-0.4, -0.2) is 11.7 Å². The summed E-state index contributed by atoms with van der Waals surface area (Å²) in [5.74, 6) is 0.917. The Morgan fingerprint density at radius 3 is 2.82 bits per heavy atom. The van der Waals surface area contributed by atoms with Gasteiger partial charge in [-0.05, 0) is 11.2 Å². The Labute approximate surface area is 66.2 Å². The molecule has 0 saturated carbocycles. The molecule has 1 heterocycles. The van der Waals surface area contributed by atoms with Gasteiger partial charge in [-0.2, -0.15) is 0 Å². The zero-order chi connectivity index (χ0) is 8.27. The fourth-order valence-corrected chi connectivity index (χ4v) is 1.12. The van der Waals surface area contributed by atoms with Crippen LogP contribution in [0.2, 0.25) is 0 Å². The Hall–Kier alpha value is -0.830. The van der Waals surface area contributed by atoms with Crippen LogP contribution < -0.4 is 4.74 Å². The van der Waals surface area contributed by atoms with Crippen LogP contribution in [0.15, 0.2) is 10.6 Å². The maximum Gasteiger partial charge on any atom is 0.231 e. The molecule has 0 fully saturated rings. The van der Waals surface area contributed by atoms with Gasteiger partial charge in [0.15, 0.2) is 12.8 Å². The smallest absolute Gasteiger partial charge is 0.231 e. The lowest BCUT2D eigenvalue weighted by Crippen LogP contribution is -2.29. The normalized spacial score (nSPS) is 10.5. The number of aromatic nitrogens is 1. The molecule has 0 bridgehead atoms. The van der Waals surface area contributed by atoms with Crippen LogP contribution in [0, 0.1) is 6.92 Å². The standard InChI is InChI=1S/C8H14NO2/c1-7-6-8(4-3-5-10)9(2)11-7/h6,10H,3-5H2,1-2H3/q+1. The fourth-order valence-electron chi connectivity index (χ4n) is 1.12. The number of hydrogen-bond acceptors (Lipinski definition) is 2. The van der Waals surface area contributed by atoms with Crippen molar-refractivity contribution in [3.8, 4) is 0 Å². The van der Waals surface area contributed by atoms with Crippen LogP contribution in [0.1, 0.15) is 17.9 Å². The number of hydrogen-bond donors (Lipinski definition) is 1. The average molecular weight is 156 g/mol. The minimum Gasteiger partial charge on any atom is -0.396 e. The average Bonchev–Trinajstić information content (AvgIpc) is 2.26. The molecule has 0 radical (unpaired) electrons. The van der Waals surface area contributed by atoms with E-state index in [4.69, 9.17) is 9.63 Å². The molecule has 0 unspecified atom stereocenters. The SMILES string of the molecule is Cc1cc(CCCO)[n+](C)o1. The van der Waals surface area contributed by atoms with Crippen LogP contribution in [-0.2, 0) is 13.5 Å². The highest BCUT2D eigenvalue weighted by atomic mass is 16.5. The predicted molar refractivity (Wildman–Crippen MR) is 40.0 cm³/mol. The van der Waals surface area contributed by atoms with Crippen molar-refractivity contribution in [1.82, 2.24) is 0 Å². The molecule has 0 aliphatic heterocycles. The number of aliphatic hydroxyl groups is 1. The van der Waals surface area contributed by atoms with Crippen molar-refractivity contribution >= 4 is 0 Å². The van der Waals surface area contributed by atoms with Gasteiger partial charge in [-0.25, -0.2) is 4.52 Å². The predicted octanol–water partition coefficient (Wildman–Crippen LogP) is 0.337. The summed E-state index contributed by atoms with van der Waals surface area (Å²) in [6, 6.07) is 2.00. The van der Waals surface area contributed by atoms with Gasteiger partial charge in [-0.15, -0.1) is 0 Å². The van der Waals surface area contributed by atoms with Gasteiger partial charge >= 0.3 is 0 Å². The lowest BCUT2D eigenvalue weighted by Gasteiger charge is -1.87. The first-order chi connectivity index (χ1) is 5.24. The van der Waals surface area contributed by atoms with Crippen molar-refractivity contribution in [3.05, 3.63) is 17.5 Å². The number of aryl methyl sites for hydroxylation is 3. The molecule has 0 aromatic carbocycles. The molecule has 0 spiro atoms. The van der Waals surface area contributed by atoms with E-state index in [9.17, 15) is 0 Å². The third kappa shape index (κ3) is 2.05. The van der Waals surface area contributed by atoms with Crippen LogP contribution in [0.3, 0.4) is 0 Å². The van der Waals surface area contributed by atoms with Gasteiger partial charge in [0, 0.05) is 20.0 Å². The molecule has 0 aliphatic rings. The van der Waals surface area contributed by atoms with Gasteiger partial charge in [0.2, 0.25) is 5.69 Å². The Kier molecular flexibility index (Phi) is 2.65. The summed E-state index contributed by atoms with van der Waals surface area (Å²) < 4.78 is 6.99. The fraction of sp³-hybridized carbons (Fsp3) is 0.625. The second-order valence-electron chi connectivity index (χ2n) is 2.66. The van der Waals surface area contributed by atoms with Crippen molar-refractivity contribution in [2.24, 2.45) is 7.05 Å². The highest BCUT2D eigenvalue weighted by Crippen LogP contribution is 2.01. The molecule has 1 aromatic rings. The van der Waals surface area contributed by atoms with E-state index >= 15 is 0 Å². The van der Waals surface area contributed by atoms with E-state index in [0.29, 0.717) is 0 Å². The lowest BCUT2D eigenvalue weighted by atomic mass is 10.2. The summed E-state index contributed by atoms with van der Waals surface area (Å²) in [6.45, 7) is 2.16. The van der Waals surface area contributed by atoms with Crippen LogP contribution in [0.4, 0.5) is 0 Å². The molecular formula is C8H14NO2+. The van der Waals surface area contributed by atoms with Gasteiger partial charge in [0.1, 0.15) is 0 Å². The van der Waals surface area contributed by atoms with E-state index in [-0.39, 0.29) is 6.61 Å². The van der Waals surface area contributed by atoms with E-state index in [1.54, 1.807) is 4.74 Å². The van der Waals surface area contributed by atoms with E-state index < -0.39 is 0 Å². The largest absolute Gasteiger partial charge is 0.396 e. The maximum atomic E-state index is 8.59. The lowest BCUT2D eigenvalue weighted by molar-refractivity contribution is -0.851. The highest BCUT2D eigenvalue weighted by molar-refractivity contribution is 4.98. The molecule has 11 heavy (non-hydrogen) atoms. The van der Waals surface area contributed by atoms with Gasteiger partial charge in [0.25, 0.3) is 0 Å². The van der Waals surface area contributed by atoms with Crippen LogP contribution in [0.25, 0.3) is 0 Å². The second kappa shape index (κ2) is 3.53. The molecule has 0 saturated heterocycles. The first kappa shape index (κ1) is 8.27. The number of rotatable bonds is 3. The molecule has 0 amide bonds. The van der Waals surface area contributed by atoms with E-state index in [0.717, 1.165) is 24.3 Å². The zero-order valence-electron chi connectivity index (χ0n) is 7.00. The van der Waals surface area contributed by atoms with Crippen molar-refractivity contribution < 1.29 is 14.4 Å². The van der Waals surface area contributed by atoms with Gasteiger partial charge in [-0.1, -0.05) is 0 Å². The van der Waals surface area contributed by atoms with E-state index in [1.807, 2.05) is 20.0 Å². The molecule has 62 valence electrons. The van der Waals surface area contributed by atoms with Crippen LogP contribution in [0.5, 0.6) is 0 Å². The molecule has 3 heteroatoms. The van der Waals surface area contributed by atoms with Crippen LogP contribution >= 0.6 is 0 Å². The Morgan fingerprint density at radius 1 is 1.64 bits per heavy atom. The van der Waals surface area contributed by atoms with Crippen molar-refractivity contribution in [2.75, 3.05) is 6.61 Å². The zero-order valence-corrected chi connectivity index (χ0v) is 7.00. The Bertz CT molecular complexity index is 230. The molecular weight excluding hydrogens is 142 g/mol. The van der Waals surface area contributed by atoms with Crippen molar-refractivity contribution in [3.63, 3.8) is 0 Å². The van der Waals surface area contributed by atoms with Gasteiger partial charge in [-0.3, -0.25) is 0 Å². The number of aliphatic hydroxyl groups excluding tert-OH is 1. The minimum absolute atomic E-state index is 0.240. The summed E-state index contributed by atoms with van der Waals surface area (Å²) in [5.41, 5.74) is 1.14. The minimum atomic E-state index is 0.240. The Balaban J connectivity index is 2.62. The maximum absolute atomic E-state index is 8.59. The highest BCUT2D eigenvalue weighted by Gasteiger charge is 2.11. The number of nitrogens with zero attached hydrogens (tertiary/aromatic N) is 1. The van der Waals surface area contributed by atoms with Crippen molar-refractivity contribution in [1.29, 1.82) is 0 Å². The molecule has 1 aromatic heterocycles. The topological polar surface area (TPSA) is 37.2 Å². The summed E-state index contributed by atoms with van der Waals surface area (Å²) >= 11 is 0. The van der Waals surface area contributed by atoms with Crippen molar-refractivity contribution in [2.45, 2.75) is 19.8 Å². The molecule has 1 N–H and O–H groups in total. The quantitative estimate of drug-likeness (QED) is 0.641.